The lowest BCUT2D eigenvalue weighted by atomic mass is 10.1. The number of thioether (sulfide) groups is 1. The summed E-state index contributed by atoms with van der Waals surface area (Å²) in [6.07, 6.45) is 2.05. The van der Waals surface area contributed by atoms with Crippen LogP contribution in [0.4, 0.5) is 5.69 Å². The number of aliphatic hydroxyl groups is 1. The van der Waals surface area contributed by atoms with Crippen molar-refractivity contribution in [3.63, 3.8) is 0 Å². The van der Waals surface area contributed by atoms with Gasteiger partial charge in [-0.1, -0.05) is 0 Å². The summed E-state index contributed by atoms with van der Waals surface area (Å²) in [5.41, 5.74) is 0.378. The maximum atomic E-state index is 9.51. The summed E-state index contributed by atoms with van der Waals surface area (Å²) in [5, 5.41) is 12.7. The van der Waals surface area contributed by atoms with Crippen LogP contribution in [0.15, 0.2) is 29.2 Å². The van der Waals surface area contributed by atoms with Crippen LogP contribution < -0.4 is 5.32 Å². The van der Waals surface area contributed by atoms with Gasteiger partial charge in [-0.15, -0.1) is 11.8 Å². The van der Waals surface area contributed by atoms with Gasteiger partial charge in [-0.25, -0.2) is 0 Å². The molecule has 0 fully saturated rings. The maximum absolute atomic E-state index is 9.51. The third-order valence-corrected chi connectivity index (χ3v) is 2.56. The lowest BCUT2D eigenvalue weighted by Crippen LogP contribution is -2.29. The average molecular weight is 211 g/mol. The van der Waals surface area contributed by atoms with E-state index in [1.807, 2.05) is 12.1 Å². The fraction of sp³-hybridized carbons (Fsp3) is 0.455. The molecule has 3 heteroatoms. The Morgan fingerprint density at radius 3 is 2.29 bits per heavy atom. The molecule has 2 nitrogen and oxygen atoms in total. The highest BCUT2D eigenvalue weighted by atomic mass is 32.2. The fourth-order valence-electron chi connectivity index (χ4n) is 1.03. The van der Waals surface area contributed by atoms with E-state index in [0.29, 0.717) is 6.54 Å². The quantitative estimate of drug-likeness (QED) is 0.751. The van der Waals surface area contributed by atoms with Crippen molar-refractivity contribution >= 4 is 17.4 Å². The molecular weight excluding hydrogens is 194 g/mol. The third kappa shape index (κ3) is 4.03. The number of rotatable bonds is 4. The Hall–Kier alpha value is -0.670. The van der Waals surface area contributed by atoms with Gasteiger partial charge in [-0.2, -0.15) is 0 Å². The molecule has 0 spiro atoms. The first-order valence-corrected chi connectivity index (χ1v) is 5.84. The molecule has 0 aliphatic carbocycles. The SMILES string of the molecule is CSc1ccc(NCC(C)(C)O)cc1. The highest BCUT2D eigenvalue weighted by Gasteiger charge is 2.11. The predicted molar refractivity (Wildman–Crippen MR) is 63.0 cm³/mol. The third-order valence-electron chi connectivity index (χ3n) is 1.82. The number of anilines is 1. The first-order valence-electron chi connectivity index (χ1n) is 4.61. The van der Waals surface area contributed by atoms with Gasteiger partial charge in [-0.3, -0.25) is 0 Å². The second-order valence-electron chi connectivity index (χ2n) is 3.89. The average Bonchev–Trinajstić information content (AvgIpc) is 2.14. The lowest BCUT2D eigenvalue weighted by molar-refractivity contribution is 0.0945. The van der Waals surface area contributed by atoms with Crippen LogP contribution in [0, 0.1) is 0 Å². The molecule has 0 amide bonds. The topological polar surface area (TPSA) is 32.3 Å². The van der Waals surface area contributed by atoms with Crippen molar-refractivity contribution in [1.82, 2.24) is 0 Å². The highest BCUT2D eigenvalue weighted by Crippen LogP contribution is 2.17. The van der Waals surface area contributed by atoms with Gasteiger partial charge >= 0.3 is 0 Å². The normalized spacial score (nSPS) is 11.4. The Labute approximate surface area is 89.7 Å². The van der Waals surface area contributed by atoms with Crippen LogP contribution in [0.2, 0.25) is 0 Å². The van der Waals surface area contributed by atoms with Crippen LogP contribution >= 0.6 is 11.8 Å². The molecule has 0 bridgehead atoms. The summed E-state index contributed by atoms with van der Waals surface area (Å²) in [5.74, 6) is 0. The van der Waals surface area contributed by atoms with E-state index in [-0.39, 0.29) is 0 Å². The van der Waals surface area contributed by atoms with Crippen molar-refractivity contribution in [2.24, 2.45) is 0 Å². The van der Waals surface area contributed by atoms with Crippen LogP contribution in [-0.2, 0) is 0 Å². The molecule has 0 unspecified atom stereocenters. The molecule has 0 aliphatic rings. The van der Waals surface area contributed by atoms with Gasteiger partial charge < -0.3 is 10.4 Å². The van der Waals surface area contributed by atoms with Crippen LogP contribution in [-0.4, -0.2) is 23.5 Å². The monoisotopic (exact) mass is 211 g/mol. The molecular formula is C11H17NOS. The van der Waals surface area contributed by atoms with Crippen molar-refractivity contribution in [3.05, 3.63) is 24.3 Å². The number of benzene rings is 1. The van der Waals surface area contributed by atoms with Gasteiger partial charge in [0.2, 0.25) is 0 Å². The van der Waals surface area contributed by atoms with Crippen molar-refractivity contribution in [1.29, 1.82) is 0 Å². The molecule has 0 atom stereocenters. The van der Waals surface area contributed by atoms with Gasteiger partial charge in [0.25, 0.3) is 0 Å². The molecule has 14 heavy (non-hydrogen) atoms. The Balaban J connectivity index is 2.52. The van der Waals surface area contributed by atoms with Crippen LogP contribution in [0.1, 0.15) is 13.8 Å². The molecule has 0 heterocycles. The molecule has 2 N–H and O–H groups in total. The Bertz CT molecular complexity index is 276. The maximum Gasteiger partial charge on any atom is 0.0763 e. The summed E-state index contributed by atoms with van der Waals surface area (Å²) in [7, 11) is 0. The fourth-order valence-corrected chi connectivity index (χ4v) is 1.44. The molecule has 0 aliphatic heterocycles. The number of hydrogen-bond acceptors (Lipinski definition) is 3. The standard InChI is InChI=1S/C11H17NOS/c1-11(2,13)8-12-9-4-6-10(14-3)7-5-9/h4-7,12-13H,8H2,1-3H3. The van der Waals surface area contributed by atoms with Crippen molar-refractivity contribution in [2.75, 3.05) is 18.1 Å². The Morgan fingerprint density at radius 2 is 1.86 bits per heavy atom. The van der Waals surface area contributed by atoms with E-state index in [2.05, 4.69) is 23.7 Å². The smallest absolute Gasteiger partial charge is 0.0763 e. The Morgan fingerprint density at radius 1 is 1.29 bits per heavy atom. The van der Waals surface area contributed by atoms with Crippen LogP contribution in [0.25, 0.3) is 0 Å². The van der Waals surface area contributed by atoms with E-state index in [9.17, 15) is 5.11 Å². The highest BCUT2D eigenvalue weighted by molar-refractivity contribution is 7.98. The molecule has 1 aromatic rings. The molecule has 1 rings (SSSR count). The first-order chi connectivity index (χ1) is 6.51. The summed E-state index contributed by atoms with van der Waals surface area (Å²) < 4.78 is 0. The van der Waals surface area contributed by atoms with Gasteiger partial charge in [0, 0.05) is 17.1 Å². The van der Waals surface area contributed by atoms with Crippen molar-refractivity contribution < 1.29 is 5.11 Å². The zero-order chi connectivity index (χ0) is 10.6. The number of nitrogens with one attached hydrogen (secondary N) is 1. The summed E-state index contributed by atoms with van der Waals surface area (Å²) in [4.78, 5) is 1.25. The second kappa shape index (κ2) is 4.71. The van der Waals surface area contributed by atoms with Gasteiger partial charge in [0.1, 0.15) is 0 Å². The van der Waals surface area contributed by atoms with Crippen molar-refractivity contribution in [3.8, 4) is 0 Å². The largest absolute Gasteiger partial charge is 0.389 e. The Kier molecular flexibility index (Phi) is 3.84. The van der Waals surface area contributed by atoms with Gasteiger partial charge in [0.05, 0.1) is 5.60 Å². The van der Waals surface area contributed by atoms with Crippen LogP contribution in [0.3, 0.4) is 0 Å². The minimum atomic E-state index is -0.668. The predicted octanol–water partition coefficient (Wildman–Crippen LogP) is 2.59. The van der Waals surface area contributed by atoms with Gasteiger partial charge in [-0.05, 0) is 44.4 Å². The van der Waals surface area contributed by atoms with Crippen molar-refractivity contribution in [2.45, 2.75) is 24.3 Å². The summed E-state index contributed by atoms with van der Waals surface area (Å²) in [6.45, 7) is 4.14. The lowest BCUT2D eigenvalue weighted by Gasteiger charge is -2.18. The van der Waals surface area contributed by atoms with E-state index >= 15 is 0 Å². The molecule has 0 saturated heterocycles. The van der Waals surface area contributed by atoms with Gasteiger partial charge in [0.15, 0.2) is 0 Å². The molecule has 0 aromatic heterocycles. The summed E-state index contributed by atoms with van der Waals surface area (Å²) in [6, 6.07) is 8.18. The van der Waals surface area contributed by atoms with E-state index in [0.717, 1.165) is 5.69 Å². The molecule has 78 valence electrons. The zero-order valence-electron chi connectivity index (χ0n) is 8.87. The van der Waals surface area contributed by atoms with E-state index < -0.39 is 5.60 Å². The molecule has 0 radical (unpaired) electrons. The molecule has 0 saturated carbocycles. The summed E-state index contributed by atoms with van der Waals surface area (Å²) >= 11 is 1.72. The van der Waals surface area contributed by atoms with E-state index in [1.54, 1.807) is 25.6 Å². The zero-order valence-corrected chi connectivity index (χ0v) is 9.69. The van der Waals surface area contributed by atoms with E-state index in [1.165, 1.54) is 4.90 Å². The van der Waals surface area contributed by atoms with Crippen LogP contribution in [0.5, 0.6) is 0 Å². The first kappa shape index (κ1) is 11.4. The molecule has 1 aromatic carbocycles. The second-order valence-corrected chi connectivity index (χ2v) is 4.77. The minimum Gasteiger partial charge on any atom is -0.389 e. The van der Waals surface area contributed by atoms with E-state index in [4.69, 9.17) is 0 Å². The minimum absolute atomic E-state index is 0.561. The number of hydrogen-bond donors (Lipinski definition) is 2.